The molecule has 1 fully saturated rings. The smallest absolute Gasteiger partial charge is 0.262 e. The molecule has 1 aromatic heterocycles. The average molecular weight is 356 g/mol. The first kappa shape index (κ1) is 17.7. The van der Waals surface area contributed by atoms with Crippen LogP contribution in [0.15, 0.2) is 47.8 Å². The molecule has 1 saturated carbocycles. The van der Waals surface area contributed by atoms with E-state index in [1.807, 2.05) is 41.8 Å². The number of benzene rings is 1. The maximum Gasteiger partial charge on any atom is 0.262 e. The summed E-state index contributed by atoms with van der Waals surface area (Å²) < 4.78 is 0. The number of carbonyl (C=O) groups is 2. The largest absolute Gasteiger partial charge is 0.351 e. The van der Waals surface area contributed by atoms with Crippen molar-refractivity contribution >= 4 is 23.2 Å². The minimum Gasteiger partial charge on any atom is -0.351 e. The van der Waals surface area contributed by atoms with Crippen molar-refractivity contribution in [2.75, 3.05) is 0 Å². The molecule has 1 atom stereocenters. The number of nitrogens with one attached hydrogen (secondary N) is 2. The Hall–Kier alpha value is -2.14. The van der Waals surface area contributed by atoms with E-state index in [1.54, 1.807) is 6.07 Å². The van der Waals surface area contributed by atoms with Crippen molar-refractivity contribution < 1.29 is 9.59 Å². The highest BCUT2D eigenvalue weighted by Gasteiger charge is 2.26. The van der Waals surface area contributed by atoms with Crippen LogP contribution in [0.25, 0.3) is 0 Å². The van der Waals surface area contributed by atoms with Crippen molar-refractivity contribution in [1.82, 2.24) is 10.6 Å². The van der Waals surface area contributed by atoms with E-state index in [-0.39, 0.29) is 17.9 Å². The molecule has 1 heterocycles. The van der Waals surface area contributed by atoms with Crippen molar-refractivity contribution in [1.29, 1.82) is 0 Å². The first-order valence-corrected chi connectivity index (χ1v) is 9.81. The van der Waals surface area contributed by atoms with Crippen molar-refractivity contribution in [3.8, 4) is 0 Å². The molecule has 1 aromatic carbocycles. The van der Waals surface area contributed by atoms with E-state index in [9.17, 15) is 9.59 Å². The highest BCUT2D eigenvalue weighted by molar-refractivity contribution is 7.12. The maximum absolute atomic E-state index is 12.9. The number of carbonyl (C=O) groups excluding carboxylic acids is 2. The monoisotopic (exact) mass is 356 g/mol. The third-order valence-corrected chi connectivity index (χ3v) is 5.49. The third-order valence-electron chi connectivity index (χ3n) is 4.62. The SMILES string of the molecule is O=C(NC(C(=O)NC1CCCCCC1)c1ccccc1)c1cccs1. The number of rotatable bonds is 5. The van der Waals surface area contributed by atoms with Crippen LogP contribution >= 0.6 is 11.3 Å². The Morgan fingerprint density at radius 2 is 1.68 bits per heavy atom. The summed E-state index contributed by atoms with van der Waals surface area (Å²) in [6, 6.07) is 12.6. The van der Waals surface area contributed by atoms with Gasteiger partial charge in [0.2, 0.25) is 5.91 Å². The Balaban J connectivity index is 1.73. The molecule has 2 N–H and O–H groups in total. The van der Waals surface area contributed by atoms with E-state index in [4.69, 9.17) is 0 Å². The van der Waals surface area contributed by atoms with Gasteiger partial charge in [0.25, 0.3) is 5.91 Å². The molecule has 1 aliphatic rings. The van der Waals surface area contributed by atoms with E-state index in [0.717, 1.165) is 31.2 Å². The quantitative estimate of drug-likeness (QED) is 0.794. The van der Waals surface area contributed by atoms with Gasteiger partial charge in [-0.1, -0.05) is 62.1 Å². The van der Waals surface area contributed by atoms with Crippen molar-refractivity contribution in [2.45, 2.75) is 50.6 Å². The Kier molecular flexibility index (Phi) is 6.23. The summed E-state index contributed by atoms with van der Waals surface area (Å²) in [6.45, 7) is 0. The highest BCUT2D eigenvalue weighted by Crippen LogP contribution is 2.20. The molecule has 3 rings (SSSR count). The van der Waals surface area contributed by atoms with Gasteiger partial charge in [-0.25, -0.2) is 0 Å². The summed E-state index contributed by atoms with van der Waals surface area (Å²) in [5.74, 6) is -0.331. The van der Waals surface area contributed by atoms with Gasteiger partial charge in [0.1, 0.15) is 6.04 Å². The van der Waals surface area contributed by atoms with E-state index in [0.29, 0.717) is 4.88 Å². The van der Waals surface area contributed by atoms with E-state index in [2.05, 4.69) is 10.6 Å². The van der Waals surface area contributed by atoms with Crippen LogP contribution in [-0.2, 0) is 4.79 Å². The molecule has 1 aliphatic carbocycles. The number of amides is 2. The lowest BCUT2D eigenvalue weighted by atomic mass is 10.0. The Labute approximate surface area is 152 Å². The second-order valence-corrected chi connectivity index (χ2v) is 7.44. The van der Waals surface area contributed by atoms with Crippen molar-refractivity contribution in [3.05, 3.63) is 58.3 Å². The van der Waals surface area contributed by atoms with E-state index >= 15 is 0 Å². The summed E-state index contributed by atoms with van der Waals surface area (Å²) in [5.41, 5.74) is 0.804. The molecule has 25 heavy (non-hydrogen) atoms. The van der Waals surface area contributed by atoms with Crippen LogP contribution in [0.2, 0.25) is 0 Å². The van der Waals surface area contributed by atoms with Crippen LogP contribution < -0.4 is 10.6 Å². The summed E-state index contributed by atoms with van der Waals surface area (Å²) in [7, 11) is 0. The lowest BCUT2D eigenvalue weighted by Gasteiger charge is -2.23. The van der Waals surface area contributed by atoms with Gasteiger partial charge in [-0.15, -0.1) is 11.3 Å². The Morgan fingerprint density at radius 1 is 0.960 bits per heavy atom. The van der Waals surface area contributed by atoms with Crippen LogP contribution in [0.1, 0.15) is 59.8 Å². The van der Waals surface area contributed by atoms with Gasteiger partial charge in [0, 0.05) is 6.04 Å². The summed E-state index contributed by atoms with van der Waals surface area (Å²) in [5, 5.41) is 7.92. The molecule has 2 amide bonds. The predicted octanol–water partition coefficient (Wildman–Crippen LogP) is 4.06. The molecule has 4 nitrogen and oxygen atoms in total. The zero-order valence-corrected chi connectivity index (χ0v) is 15.1. The minimum absolute atomic E-state index is 0.122. The van der Waals surface area contributed by atoms with Crippen molar-refractivity contribution in [3.63, 3.8) is 0 Å². The molecular weight excluding hydrogens is 332 g/mol. The van der Waals surface area contributed by atoms with Crippen LogP contribution in [0.5, 0.6) is 0 Å². The maximum atomic E-state index is 12.9. The fourth-order valence-electron chi connectivity index (χ4n) is 3.26. The molecule has 0 aliphatic heterocycles. The molecule has 5 heteroatoms. The van der Waals surface area contributed by atoms with Crippen LogP contribution in [0, 0.1) is 0 Å². The molecule has 1 unspecified atom stereocenters. The van der Waals surface area contributed by atoms with Gasteiger partial charge < -0.3 is 10.6 Å². The lowest BCUT2D eigenvalue weighted by molar-refractivity contribution is -0.123. The Bertz CT molecular complexity index is 677. The van der Waals surface area contributed by atoms with Gasteiger partial charge in [0.15, 0.2) is 0 Å². The van der Waals surface area contributed by atoms with E-state index < -0.39 is 6.04 Å². The van der Waals surface area contributed by atoms with Gasteiger partial charge in [0.05, 0.1) is 4.88 Å². The second kappa shape index (κ2) is 8.81. The fourth-order valence-corrected chi connectivity index (χ4v) is 3.89. The summed E-state index contributed by atoms with van der Waals surface area (Å²) >= 11 is 1.37. The number of hydrogen-bond donors (Lipinski definition) is 2. The standard InChI is InChI=1S/C20H24N2O2S/c23-19(17-13-8-14-25-17)22-18(15-9-4-3-5-10-15)20(24)21-16-11-6-1-2-7-12-16/h3-5,8-10,13-14,16,18H,1-2,6-7,11-12H2,(H,21,24)(H,22,23). The van der Waals surface area contributed by atoms with Gasteiger partial charge in [-0.2, -0.15) is 0 Å². The average Bonchev–Trinajstić information content (AvgIpc) is 3.06. The van der Waals surface area contributed by atoms with Crippen LogP contribution in [0.4, 0.5) is 0 Å². The molecule has 0 spiro atoms. The molecule has 132 valence electrons. The van der Waals surface area contributed by atoms with Crippen molar-refractivity contribution in [2.24, 2.45) is 0 Å². The first-order valence-electron chi connectivity index (χ1n) is 8.94. The molecule has 0 radical (unpaired) electrons. The molecule has 2 aromatic rings. The topological polar surface area (TPSA) is 58.2 Å². The zero-order chi connectivity index (χ0) is 17.5. The van der Waals surface area contributed by atoms with Crippen LogP contribution in [-0.4, -0.2) is 17.9 Å². The lowest BCUT2D eigenvalue weighted by Crippen LogP contribution is -2.44. The Morgan fingerprint density at radius 3 is 2.32 bits per heavy atom. The molecule has 0 saturated heterocycles. The first-order chi connectivity index (χ1) is 12.2. The highest BCUT2D eigenvalue weighted by atomic mass is 32.1. The van der Waals surface area contributed by atoms with Gasteiger partial charge >= 0.3 is 0 Å². The van der Waals surface area contributed by atoms with Gasteiger partial charge in [-0.05, 0) is 29.9 Å². The number of thiophene rings is 1. The predicted molar refractivity (Wildman–Crippen MR) is 101 cm³/mol. The third kappa shape index (κ3) is 4.92. The summed E-state index contributed by atoms with van der Waals surface area (Å²) in [4.78, 5) is 26.0. The van der Waals surface area contributed by atoms with E-state index in [1.165, 1.54) is 24.2 Å². The zero-order valence-electron chi connectivity index (χ0n) is 14.2. The number of hydrogen-bond acceptors (Lipinski definition) is 3. The fraction of sp³-hybridized carbons (Fsp3) is 0.400. The molecular formula is C20H24N2O2S. The molecule has 0 bridgehead atoms. The van der Waals surface area contributed by atoms with Crippen LogP contribution in [0.3, 0.4) is 0 Å². The van der Waals surface area contributed by atoms with Gasteiger partial charge in [-0.3, -0.25) is 9.59 Å². The second-order valence-electron chi connectivity index (χ2n) is 6.49. The normalized spacial score (nSPS) is 16.6. The summed E-state index contributed by atoms with van der Waals surface area (Å²) in [6.07, 6.45) is 6.83. The minimum atomic E-state index is -0.668.